The van der Waals surface area contributed by atoms with Gasteiger partial charge in [0.05, 0.1) is 11.0 Å². The van der Waals surface area contributed by atoms with Crippen LogP contribution in [0.2, 0.25) is 0 Å². The van der Waals surface area contributed by atoms with Gasteiger partial charge >= 0.3 is 0 Å². The van der Waals surface area contributed by atoms with Crippen molar-refractivity contribution < 1.29 is 14.3 Å². The first-order valence-electron chi connectivity index (χ1n) is 9.31. The summed E-state index contributed by atoms with van der Waals surface area (Å²) in [6, 6.07) is 20.1. The number of aryl methyl sites for hydroxylation is 1. The van der Waals surface area contributed by atoms with Gasteiger partial charge < -0.3 is 14.0 Å². The molecule has 3 heterocycles. The molecule has 0 N–H and O–H groups in total. The predicted octanol–water partition coefficient (Wildman–Crippen LogP) is 4.69. The van der Waals surface area contributed by atoms with E-state index in [1.807, 2.05) is 42.5 Å². The van der Waals surface area contributed by atoms with Gasteiger partial charge in [-0.25, -0.2) is 4.98 Å². The zero-order chi connectivity index (χ0) is 18.7. The molecule has 0 atom stereocenters. The summed E-state index contributed by atoms with van der Waals surface area (Å²) in [6.45, 7) is 0.930. The Morgan fingerprint density at radius 2 is 1.68 bits per heavy atom. The lowest BCUT2D eigenvalue weighted by atomic mass is 10.0. The Bertz CT molecular complexity index is 1270. The van der Waals surface area contributed by atoms with Crippen LogP contribution in [0, 0.1) is 0 Å². The van der Waals surface area contributed by atoms with Gasteiger partial charge in [-0.1, -0.05) is 30.3 Å². The standard InChI is InChI=1S/C23H16N2O3/c26-19-9-10-25-22-17(19)5-2-6-18(22)24-23(25)16-4-1-3-14(11-16)15-7-8-20-21(12-15)28-13-27-20/h1-8,11-12H,9-10,13H2. The Hall–Kier alpha value is -3.60. The number of para-hydroxylation sites is 1. The molecule has 136 valence electrons. The van der Waals surface area contributed by atoms with E-state index >= 15 is 0 Å². The van der Waals surface area contributed by atoms with Gasteiger partial charge in [-0.3, -0.25) is 4.79 Å². The number of carbonyl (C=O) groups excluding carboxylic acids is 1. The van der Waals surface area contributed by atoms with Crippen molar-refractivity contribution in [1.82, 2.24) is 9.55 Å². The molecule has 0 saturated heterocycles. The van der Waals surface area contributed by atoms with Gasteiger partial charge in [-0.2, -0.15) is 0 Å². The molecule has 0 bridgehead atoms. The molecule has 0 spiro atoms. The van der Waals surface area contributed by atoms with Crippen molar-refractivity contribution >= 4 is 16.8 Å². The lowest BCUT2D eigenvalue weighted by molar-refractivity contribution is 0.0973. The second kappa shape index (κ2) is 5.70. The van der Waals surface area contributed by atoms with Crippen LogP contribution in [0.15, 0.2) is 60.7 Å². The van der Waals surface area contributed by atoms with Gasteiger partial charge in [0, 0.05) is 24.1 Å². The highest BCUT2D eigenvalue weighted by Crippen LogP contribution is 2.37. The molecule has 0 saturated carbocycles. The monoisotopic (exact) mass is 368 g/mol. The molecule has 5 heteroatoms. The van der Waals surface area contributed by atoms with Crippen LogP contribution in [0.1, 0.15) is 16.8 Å². The number of ether oxygens (including phenoxy) is 2. The minimum absolute atomic E-state index is 0.193. The Morgan fingerprint density at radius 3 is 2.64 bits per heavy atom. The summed E-state index contributed by atoms with van der Waals surface area (Å²) in [7, 11) is 0. The highest BCUT2D eigenvalue weighted by Gasteiger charge is 2.23. The smallest absolute Gasteiger partial charge is 0.231 e. The second-order valence-corrected chi connectivity index (χ2v) is 7.08. The normalized spacial score (nSPS) is 14.6. The van der Waals surface area contributed by atoms with Crippen molar-refractivity contribution in [2.24, 2.45) is 0 Å². The molecule has 0 radical (unpaired) electrons. The van der Waals surface area contributed by atoms with Crippen LogP contribution in [-0.2, 0) is 6.54 Å². The number of nitrogens with zero attached hydrogens (tertiary/aromatic N) is 2. The maximum absolute atomic E-state index is 12.3. The molecule has 28 heavy (non-hydrogen) atoms. The van der Waals surface area contributed by atoms with Crippen molar-refractivity contribution in [3.8, 4) is 34.0 Å². The quantitative estimate of drug-likeness (QED) is 0.515. The van der Waals surface area contributed by atoms with E-state index in [1.165, 1.54) is 0 Å². The van der Waals surface area contributed by atoms with E-state index in [4.69, 9.17) is 14.5 Å². The van der Waals surface area contributed by atoms with Crippen LogP contribution >= 0.6 is 0 Å². The third-order valence-electron chi connectivity index (χ3n) is 5.46. The predicted molar refractivity (Wildman–Crippen MR) is 106 cm³/mol. The third-order valence-corrected chi connectivity index (χ3v) is 5.46. The maximum atomic E-state index is 12.3. The first kappa shape index (κ1) is 15.5. The molecule has 3 aromatic carbocycles. The SMILES string of the molecule is O=C1CCn2c(-c3cccc(-c4ccc5c(c4)OCO5)c3)nc3cccc1c32. The van der Waals surface area contributed by atoms with Gasteiger partial charge in [0.15, 0.2) is 17.3 Å². The Morgan fingerprint density at radius 1 is 0.857 bits per heavy atom. The van der Waals surface area contributed by atoms with Crippen LogP contribution < -0.4 is 9.47 Å². The molecule has 0 fully saturated rings. The number of hydrogen-bond acceptors (Lipinski definition) is 4. The van der Waals surface area contributed by atoms with Gasteiger partial charge in [0.25, 0.3) is 0 Å². The number of benzene rings is 3. The zero-order valence-corrected chi connectivity index (χ0v) is 15.0. The van der Waals surface area contributed by atoms with Crippen LogP contribution in [0.4, 0.5) is 0 Å². The van der Waals surface area contributed by atoms with Crippen LogP contribution in [0.3, 0.4) is 0 Å². The summed E-state index contributed by atoms with van der Waals surface area (Å²) in [5, 5.41) is 0. The van der Waals surface area contributed by atoms with Crippen LogP contribution in [-0.4, -0.2) is 22.1 Å². The number of hydrogen-bond donors (Lipinski definition) is 0. The van der Waals surface area contributed by atoms with E-state index in [0.29, 0.717) is 13.0 Å². The molecular weight excluding hydrogens is 352 g/mol. The number of aromatic nitrogens is 2. The first-order valence-corrected chi connectivity index (χ1v) is 9.31. The molecule has 0 aliphatic carbocycles. The summed E-state index contributed by atoms with van der Waals surface area (Å²) in [4.78, 5) is 17.1. The summed E-state index contributed by atoms with van der Waals surface area (Å²) >= 11 is 0. The van der Waals surface area contributed by atoms with E-state index < -0.39 is 0 Å². The Kier molecular flexibility index (Phi) is 3.14. The van der Waals surface area contributed by atoms with Crippen LogP contribution in [0.5, 0.6) is 11.5 Å². The summed E-state index contributed by atoms with van der Waals surface area (Å²) in [5.41, 5.74) is 5.77. The maximum Gasteiger partial charge on any atom is 0.231 e. The van der Waals surface area contributed by atoms with Crippen molar-refractivity contribution in [1.29, 1.82) is 0 Å². The second-order valence-electron chi connectivity index (χ2n) is 7.08. The number of imidazole rings is 1. The number of Topliss-reactive ketones (excluding diaryl/α,β-unsaturated/α-hetero) is 1. The first-order chi connectivity index (χ1) is 13.8. The van der Waals surface area contributed by atoms with Gasteiger partial charge in [-0.15, -0.1) is 0 Å². The number of carbonyl (C=O) groups is 1. The van der Waals surface area contributed by atoms with E-state index in [2.05, 4.69) is 22.8 Å². The van der Waals surface area contributed by atoms with Gasteiger partial charge in [-0.05, 0) is 41.5 Å². The van der Waals surface area contributed by atoms with E-state index in [-0.39, 0.29) is 12.6 Å². The summed E-state index contributed by atoms with van der Waals surface area (Å²) < 4.78 is 13.1. The molecule has 4 aromatic rings. The van der Waals surface area contributed by atoms with Gasteiger partial charge in [0.1, 0.15) is 5.82 Å². The lowest BCUT2D eigenvalue weighted by Crippen LogP contribution is -2.14. The lowest BCUT2D eigenvalue weighted by Gasteiger charge is -2.16. The molecular formula is C23H16N2O3. The number of ketones is 1. The fourth-order valence-corrected chi connectivity index (χ4v) is 4.11. The minimum Gasteiger partial charge on any atom is -0.454 e. The summed E-state index contributed by atoms with van der Waals surface area (Å²) in [5.74, 6) is 2.64. The van der Waals surface area contributed by atoms with Crippen molar-refractivity contribution in [2.45, 2.75) is 13.0 Å². The number of fused-ring (bicyclic) bond motifs is 1. The average Bonchev–Trinajstić information content (AvgIpc) is 3.35. The fraction of sp³-hybridized carbons (Fsp3) is 0.130. The Balaban J connectivity index is 1.50. The molecule has 2 aliphatic rings. The summed E-state index contributed by atoms with van der Waals surface area (Å²) in [6.07, 6.45) is 0.511. The third kappa shape index (κ3) is 2.19. The highest BCUT2D eigenvalue weighted by atomic mass is 16.7. The highest BCUT2D eigenvalue weighted by molar-refractivity contribution is 6.08. The van der Waals surface area contributed by atoms with E-state index in [1.54, 1.807) is 0 Å². The largest absolute Gasteiger partial charge is 0.454 e. The van der Waals surface area contributed by atoms with Crippen molar-refractivity contribution in [3.63, 3.8) is 0 Å². The van der Waals surface area contributed by atoms with E-state index in [9.17, 15) is 4.79 Å². The number of rotatable bonds is 2. The molecule has 0 amide bonds. The Labute approximate surface area is 161 Å². The topological polar surface area (TPSA) is 53.4 Å². The minimum atomic E-state index is 0.193. The van der Waals surface area contributed by atoms with Crippen molar-refractivity contribution in [3.05, 3.63) is 66.2 Å². The fourth-order valence-electron chi connectivity index (χ4n) is 4.11. The molecule has 0 unspecified atom stereocenters. The van der Waals surface area contributed by atoms with Crippen molar-refractivity contribution in [2.75, 3.05) is 6.79 Å². The molecule has 1 aromatic heterocycles. The zero-order valence-electron chi connectivity index (χ0n) is 15.0. The molecule has 5 nitrogen and oxygen atoms in total. The molecule has 2 aliphatic heterocycles. The van der Waals surface area contributed by atoms with E-state index in [0.717, 1.165) is 50.6 Å². The van der Waals surface area contributed by atoms with Crippen LogP contribution in [0.25, 0.3) is 33.5 Å². The van der Waals surface area contributed by atoms with Gasteiger partial charge in [0.2, 0.25) is 6.79 Å². The average molecular weight is 368 g/mol. The molecule has 6 rings (SSSR count).